The normalized spacial score (nSPS) is 12.1. The van der Waals surface area contributed by atoms with Gasteiger partial charge in [0.25, 0.3) is 0 Å². The molecule has 0 spiro atoms. The number of esters is 1. The standard InChI is InChI=1S/C8H10N2O4/c1-14-8(13)5-2-4(3-10-5)6(9)7(11)12/h2-3,6,10H,9H2,1H3,(H,11,12). The van der Waals surface area contributed by atoms with Crippen molar-refractivity contribution in [3.63, 3.8) is 0 Å². The van der Waals surface area contributed by atoms with E-state index in [0.717, 1.165) is 0 Å². The van der Waals surface area contributed by atoms with E-state index in [4.69, 9.17) is 10.8 Å². The molecule has 0 aliphatic carbocycles. The highest BCUT2D eigenvalue weighted by Crippen LogP contribution is 2.12. The largest absolute Gasteiger partial charge is 0.480 e. The Kier molecular flexibility index (Phi) is 2.88. The lowest BCUT2D eigenvalue weighted by molar-refractivity contribution is -0.138. The molecule has 0 saturated carbocycles. The third kappa shape index (κ3) is 1.91. The highest BCUT2D eigenvalue weighted by molar-refractivity contribution is 5.88. The molecule has 0 aliphatic heterocycles. The first-order valence-corrected chi connectivity index (χ1v) is 3.81. The first-order chi connectivity index (χ1) is 6.56. The summed E-state index contributed by atoms with van der Waals surface area (Å²) in [6, 6.07) is 0.217. The molecule has 4 N–H and O–H groups in total. The zero-order valence-corrected chi connectivity index (χ0v) is 7.48. The molecule has 1 atom stereocenters. The van der Waals surface area contributed by atoms with Crippen LogP contribution in [0.1, 0.15) is 22.1 Å². The maximum absolute atomic E-state index is 11.0. The van der Waals surface area contributed by atoms with E-state index in [2.05, 4.69) is 9.72 Å². The lowest BCUT2D eigenvalue weighted by atomic mass is 10.1. The summed E-state index contributed by atoms with van der Waals surface area (Å²) in [5, 5.41) is 8.59. The third-order valence-corrected chi connectivity index (χ3v) is 1.74. The van der Waals surface area contributed by atoms with E-state index in [1.54, 1.807) is 0 Å². The fraction of sp³-hybridized carbons (Fsp3) is 0.250. The van der Waals surface area contributed by atoms with Gasteiger partial charge in [-0.1, -0.05) is 0 Å². The van der Waals surface area contributed by atoms with E-state index >= 15 is 0 Å². The lowest BCUT2D eigenvalue weighted by Crippen LogP contribution is -2.19. The van der Waals surface area contributed by atoms with Gasteiger partial charge in [-0.15, -0.1) is 0 Å². The van der Waals surface area contributed by atoms with Crippen molar-refractivity contribution in [2.75, 3.05) is 7.11 Å². The molecule has 0 radical (unpaired) electrons. The highest BCUT2D eigenvalue weighted by Gasteiger charge is 2.17. The van der Waals surface area contributed by atoms with E-state index in [-0.39, 0.29) is 5.69 Å². The van der Waals surface area contributed by atoms with Crippen molar-refractivity contribution < 1.29 is 19.4 Å². The van der Waals surface area contributed by atoms with E-state index in [0.29, 0.717) is 5.56 Å². The Hall–Kier alpha value is -1.82. The summed E-state index contributed by atoms with van der Waals surface area (Å²) in [4.78, 5) is 24.0. The van der Waals surface area contributed by atoms with Gasteiger partial charge < -0.3 is 20.6 Å². The molecule has 0 bridgehead atoms. The Balaban J connectivity index is 2.88. The summed E-state index contributed by atoms with van der Waals surface area (Å²) in [6.07, 6.45) is 1.37. The van der Waals surface area contributed by atoms with Gasteiger partial charge in [0.05, 0.1) is 7.11 Å². The van der Waals surface area contributed by atoms with Gasteiger partial charge in [-0.05, 0) is 11.6 Å². The second kappa shape index (κ2) is 3.93. The van der Waals surface area contributed by atoms with Crippen LogP contribution in [0.4, 0.5) is 0 Å². The van der Waals surface area contributed by atoms with Crippen molar-refractivity contribution in [3.05, 3.63) is 23.5 Å². The molecular formula is C8H10N2O4. The van der Waals surface area contributed by atoms with E-state index < -0.39 is 18.0 Å². The third-order valence-electron chi connectivity index (χ3n) is 1.74. The molecule has 0 fully saturated rings. The van der Waals surface area contributed by atoms with Crippen LogP contribution >= 0.6 is 0 Å². The van der Waals surface area contributed by atoms with Crippen LogP contribution in [0.25, 0.3) is 0 Å². The maximum atomic E-state index is 11.0. The number of carboxylic acids is 1. The second-order valence-corrected chi connectivity index (χ2v) is 2.65. The number of nitrogens with one attached hydrogen (secondary N) is 1. The minimum atomic E-state index is -1.15. The molecular weight excluding hydrogens is 188 g/mol. The fourth-order valence-electron chi connectivity index (χ4n) is 0.961. The summed E-state index contributed by atoms with van der Waals surface area (Å²) in [6.45, 7) is 0. The number of ether oxygens (including phenoxy) is 1. The van der Waals surface area contributed by atoms with Crippen molar-refractivity contribution >= 4 is 11.9 Å². The van der Waals surface area contributed by atoms with Crippen LogP contribution in [0.15, 0.2) is 12.3 Å². The first-order valence-electron chi connectivity index (χ1n) is 3.81. The van der Waals surface area contributed by atoms with Crippen molar-refractivity contribution in [1.82, 2.24) is 4.98 Å². The molecule has 0 amide bonds. The minimum Gasteiger partial charge on any atom is -0.480 e. The van der Waals surface area contributed by atoms with Crippen LogP contribution < -0.4 is 5.73 Å². The summed E-state index contributed by atoms with van der Waals surface area (Å²) in [7, 11) is 1.24. The van der Waals surface area contributed by atoms with Gasteiger partial charge in [0.15, 0.2) is 0 Å². The lowest BCUT2D eigenvalue weighted by Gasteiger charge is -2.00. The van der Waals surface area contributed by atoms with E-state index in [9.17, 15) is 9.59 Å². The van der Waals surface area contributed by atoms with Gasteiger partial charge >= 0.3 is 11.9 Å². The van der Waals surface area contributed by atoms with Crippen LogP contribution in [0.2, 0.25) is 0 Å². The maximum Gasteiger partial charge on any atom is 0.354 e. The smallest absolute Gasteiger partial charge is 0.354 e. The van der Waals surface area contributed by atoms with Gasteiger partial charge in [-0.3, -0.25) is 4.79 Å². The molecule has 0 aromatic carbocycles. The number of H-pyrrole nitrogens is 1. The number of aliphatic carboxylic acids is 1. The molecule has 0 aliphatic rings. The van der Waals surface area contributed by atoms with Crippen LogP contribution in [-0.2, 0) is 9.53 Å². The van der Waals surface area contributed by atoms with Crippen molar-refractivity contribution in [2.45, 2.75) is 6.04 Å². The number of nitrogens with two attached hydrogens (primary N) is 1. The van der Waals surface area contributed by atoms with Gasteiger partial charge in [0, 0.05) is 6.20 Å². The van der Waals surface area contributed by atoms with Gasteiger partial charge in [0.2, 0.25) is 0 Å². The highest BCUT2D eigenvalue weighted by atomic mass is 16.5. The topological polar surface area (TPSA) is 105 Å². The zero-order valence-electron chi connectivity index (χ0n) is 7.48. The molecule has 76 valence electrons. The number of hydrogen-bond donors (Lipinski definition) is 3. The molecule has 1 rings (SSSR count). The number of carboxylic acid groups (broad SMARTS) is 1. The monoisotopic (exact) mass is 198 g/mol. The molecule has 1 aromatic heterocycles. The molecule has 1 unspecified atom stereocenters. The number of carbonyl (C=O) groups excluding carboxylic acids is 1. The molecule has 0 saturated heterocycles. The van der Waals surface area contributed by atoms with Gasteiger partial charge in [0.1, 0.15) is 11.7 Å². The van der Waals surface area contributed by atoms with Crippen LogP contribution in [-0.4, -0.2) is 29.1 Å². The van der Waals surface area contributed by atoms with Crippen LogP contribution in [0.3, 0.4) is 0 Å². The molecule has 6 nitrogen and oxygen atoms in total. The number of hydrogen-bond acceptors (Lipinski definition) is 4. The number of aromatic nitrogens is 1. The number of rotatable bonds is 3. The zero-order chi connectivity index (χ0) is 10.7. The van der Waals surface area contributed by atoms with Crippen LogP contribution in [0, 0.1) is 0 Å². The van der Waals surface area contributed by atoms with Crippen LogP contribution in [0.5, 0.6) is 0 Å². The fourth-order valence-corrected chi connectivity index (χ4v) is 0.961. The minimum absolute atomic E-state index is 0.180. The Morgan fingerprint density at radius 2 is 2.29 bits per heavy atom. The van der Waals surface area contributed by atoms with E-state index in [1.165, 1.54) is 19.4 Å². The SMILES string of the molecule is COC(=O)c1cc(C(N)C(=O)O)c[nH]1. The summed E-state index contributed by atoms with van der Waals surface area (Å²) >= 11 is 0. The second-order valence-electron chi connectivity index (χ2n) is 2.65. The molecule has 6 heteroatoms. The summed E-state index contributed by atoms with van der Waals surface area (Å²) < 4.78 is 4.43. The first kappa shape index (κ1) is 10.3. The Morgan fingerprint density at radius 3 is 2.79 bits per heavy atom. The summed E-state index contributed by atoms with van der Waals surface area (Å²) in [5.41, 5.74) is 5.83. The quantitative estimate of drug-likeness (QED) is 0.587. The number of aromatic amines is 1. The predicted molar refractivity (Wildman–Crippen MR) is 46.7 cm³/mol. The average molecular weight is 198 g/mol. The van der Waals surface area contributed by atoms with Crippen molar-refractivity contribution in [3.8, 4) is 0 Å². The Labute approximate surface area is 79.7 Å². The van der Waals surface area contributed by atoms with Crippen molar-refractivity contribution in [2.24, 2.45) is 5.73 Å². The van der Waals surface area contributed by atoms with Gasteiger partial charge in [-0.25, -0.2) is 4.79 Å². The predicted octanol–water partition coefficient (Wildman–Crippen LogP) is -0.114. The molecule has 1 aromatic rings. The van der Waals surface area contributed by atoms with E-state index in [1.807, 2.05) is 0 Å². The Bertz CT molecular complexity index is 358. The molecule has 14 heavy (non-hydrogen) atoms. The number of methoxy groups -OCH3 is 1. The van der Waals surface area contributed by atoms with Gasteiger partial charge in [-0.2, -0.15) is 0 Å². The average Bonchev–Trinajstić information content (AvgIpc) is 2.64. The molecule has 1 heterocycles. The van der Waals surface area contributed by atoms with Crippen molar-refractivity contribution in [1.29, 1.82) is 0 Å². The number of carbonyl (C=O) groups is 2. The Morgan fingerprint density at radius 1 is 1.64 bits per heavy atom. The summed E-state index contributed by atoms with van der Waals surface area (Å²) in [5.74, 6) is -1.71.